The van der Waals surface area contributed by atoms with Gasteiger partial charge in [0.1, 0.15) is 268 Å². The van der Waals surface area contributed by atoms with E-state index in [2.05, 4.69) is 10.6 Å². The Kier molecular flexibility index (Phi) is 39.5. The van der Waals surface area contributed by atoms with E-state index in [9.17, 15) is 173 Å². The Morgan fingerprint density at radius 3 is 0.779 bits per heavy atom. The van der Waals surface area contributed by atoms with Crippen LogP contribution in [0.2, 0.25) is 0 Å². The summed E-state index contributed by atoms with van der Waals surface area (Å²) in [7, 11) is 0. The maximum Gasteiger partial charge on any atom is 0.217 e. The minimum Gasteiger partial charge on any atom is -0.394 e. The first-order valence-electron chi connectivity index (χ1n) is 41.9. The standard InChI is InChI=1S/C72H123N3O56/c1-16(85)74-29-40(96)54(25(12-83)120-62(29)110-4-3-73)124-63-30(75-17(2)86)41(97)55(26(13-84)121-63)125-68-53(109)57(127-71-61(48(104)37(93)23(10-81)118-71)131-72-60(47(103)36(92)24(11-82)119-72)130-67-51(107)44(100)33(89)20(7-78)115-67)39(95)28(123-68)14-111-64-52(108)56(126-70-59(46(102)35(91)22(9-80)117-70)129-66-50(106)43(99)32(88)19(6-77)114-66)38(94)27(122-64)15-112-69-58(45(101)34(90)21(8-79)116-69)128-65-49(105)42(98)31(87)18(5-76)113-65/h18-72,76-84,87-109H,3-15,73H2,1-2H3,(H,74,85)(H,75,86)/t18?,19-,20-,21?,22-,23-,24-,25?,26?,27?,28?,29?,30?,31+,32+,33+,34+,35+,36+,37+,38+,39+,40+,41+,42-,43?,44?,45-,46?,47?,48?,49?,50?,51?,52?,53?,54+,55+,56-,57-,58?,59?,60?,61?,62+,63-,64-,65+,66+,67+,68-,69-,70+,71+,72+/m0/s1. The SMILES string of the molecule is CC(=O)NC1[C@H](OCCN)OC(CO)[C@@H](O[C@@H]2OC(CO)[C@@H](O[C@@H]3OC(CO[C@H]4OC(CO[C@H]5OC(CO)[C@@H](O)[C@H](O)C5O[C@H]5OC(CO)[C@@H](O)[C@H](O)C5O)[C@@H](O)[C@H](O[C@H]5O[C@@H](CO)[C@@H](O)C(O)C5O[C@H]5O[C@@H](CO)[C@@H](O)C(O)C5O)C4O)[C@@H](O)[C@H](O[C@H]4O[C@@H](CO)[C@@H](O)C(O)C4O[C@H]4O[C@@H](CO)[C@@H](O)C(O)C4O[C@H]4O[C@@H](CO)[C@@H](O)C(O)C4O)C3O)[C@H](O)C2NC(C)=O)[C@@H]1O. The Bertz CT molecular complexity index is 3450. The van der Waals surface area contributed by atoms with Crippen molar-refractivity contribution in [1.29, 1.82) is 0 Å². The third-order valence-corrected chi connectivity index (χ3v) is 24.2. The van der Waals surface area contributed by atoms with Crippen LogP contribution in [0.15, 0.2) is 0 Å². The molecule has 0 aromatic heterocycles. The van der Waals surface area contributed by atoms with Gasteiger partial charge in [-0.2, -0.15) is 0 Å². The van der Waals surface area contributed by atoms with Gasteiger partial charge in [0, 0.05) is 20.4 Å². The van der Waals surface area contributed by atoms with Gasteiger partial charge in [0.15, 0.2) is 69.2 Å². The summed E-state index contributed by atoms with van der Waals surface area (Å²) >= 11 is 0. The van der Waals surface area contributed by atoms with Crippen LogP contribution in [0.25, 0.3) is 0 Å². The highest BCUT2D eigenvalue weighted by Gasteiger charge is 2.63. The summed E-state index contributed by atoms with van der Waals surface area (Å²) in [6.07, 6.45) is -116. The predicted octanol–water partition coefficient (Wildman–Crippen LogP) is -24.7. The number of ether oxygens (including phenoxy) is 22. The molecule has 11 aliphatic rings. The van der Waals surface area contributed by atoms with Crippen LogP contribution >= 0.6 is 0 Å². The van der Waals surface area contributed by atoms with E-state index in [1.54, 1.807) is 0 Å². The van der Waals surface area contributed by atoms with Crippen molar-refractivity contribution in [2.24, 2.45) is 5.73 Å². The monoisotopic (exact) mass is 1930 g/mol. The van der Waals surface area contributed by atoms with E-state index >= 15 is 0 Å². The van der Waals surface area contributed by atoms with Crippen LogP contribution in [0, 0.1) is 0 Å². The first-order chi connectivity index (χ1) is 62.2. The first kappa shape index (κ1) is 108. The topological polar surface area (TPSA) is 935 Å². The van der Waals surface area contributed by atoms with Crippen LogP contribution in [0.1, 0.15) is 13.8 Å². The molecule has 0 radical (unpaired) electrons. The fraction of sp³-hybridized carbons (Fsp3) is 0.972. The second-order valence-corrected chi connectivity index (χ2v) is 33.0. The first-order valence-corrected chi connectivity index (χ1v) is 41.9. The highest BCUT2D eigenvalue weighted by molar-refractivity contribution is 5.73. The van der Waals surface area contributed by atoms with Crippen LogP contribution in [0.3, 0.4) is 0 Å². The third-order valence-electron chi connectivity index (χ3n) is 24.2. The molecule has 11 heterocycles. The van der Waals surface area contributed by atoms with Gasteiger partial charge < -0.3 is 284 Å². The maximum atomic E-state index is 13.2. The van der Waals surface area contributed by atoms with Crippen molar-refractivity contribution >= 4 is 11.8 Å². The summed E-state index contributed by atoms with van der Waals surface area (Å²) in [5, 5.41) is 363. The second kappa shape index (κ2) is 47.8. The number of rotatable bonds is 36. The molecule has 0 aromatic rings. The minimum atomic E-state index is -2.69. The highest BCUT2D eigenvalue weighted by atomic mass is 16.8. The molecule has 0 saturated carbocycles. The fourth-order valence-corrected chi connectivity index (χ4v) is 16.8. The maximum absolute atomic E-state index is 13.2. The summed E-state index contributed by atoms with van der Waals surface area (Å²) in [5.74, 6) is -1.74. The smallest absolute Gasteiger partial charge is 0.217 e. The number of hydrogen-bond acceptors (Lipinski definition) is 57. The molecule has 0 bridgehead atoms. The molecule has 11 fully saturated rings. The Morgan fingerprint density at radius 1 is 0.221 bits per heavy atom. The molecule has 59 nitrogen and oxygen atoms in total. The van der Waals surface area contributed by atoms with E-state index in [4.69, 9.17) is 110 Å². The summed E-state index contributed by atoms with van der Waals surface area (Å²) in [4.78, 5) is 25.8. The summed E-state index contributed by atoms with van der Waals surface area (Å²) in [5.41, 5.74) is 5.64. The van der Waals surface area contributed by atoms with E-state index in [-0.39, 0.29) is 13.2 Å². The number of nitrogens with one attached hydrogen (secondary N) is 2. The van der Waals surface area contributed by atoms with Gasteiger partial charge in [-0.25, -0.2) is 0 Å². The normalized spacial score (nSPS) is 50.8. The molecule has 0 spiro atoms. The molecule has 11 rings (SSSR count). The lowest BCUT2D eigenvalue weighted by atomic mass is 9.93. The lowest BCUT2D eigenvalue weighted by Gasteiger charge is -2.51. The zero-order valence-corrected chi connectivity index (χ0v) is 69.6. The number of carbonyl (C=O) groups is 2. The minimum absolute atomic E-state index is 0.105. The van der Waals surface area contributed by atoms with Gasteiger partial charge >= 0.3 is 0 Å². The van der Waals surface area contributed by atoms with Gasteiger partial charge in [-0.1, -0.05) is 0 Å². The number of aliphatic hydroxyl groups is 32. The molecular formula is C72H123N3O56. The average Bonchev–Trinajstić information content (AvgIpc) is 0.760. The van der Waals surface area contributed by atoms with Crippen LogP contribution in [0.5, 0.6) is 0 Å². The number of nitrogens with two attached hydrogens (primary N) is 1. The molecule has 59 heteroatoms. The van der Waals surface area contributed by atoms with Gasteiger partial charge in [0.25, 0.3) is 0 Å². The number of hydrogen-bond donors (Lipinski definition) is 35. The summed E-state index contributed by atoms with van der Waals surface area (Å²) in [6.45, 7) is -11.1. The van der Waals surface area contributed by atoms with Crippen LogP contribution in [-0.2, 0) is 114 Å². The fourth-order valence-electron chi connectivity index (χ4n) is 16.8. The molecule has 131 heavy (non-hydrogen) atoms. The number of aliphatic hydroxyl groups excluding tert-OH is 32. The molecule has 11 saturated heterocycles. The molecule has 0 aliphatic carbocycles. The Balaban J connectivity index is 0.963. The molecular weight excluding hydrogens is 1800 g/mol. The molecule has 762 valence electrons. The van der Waals surface area contributed by atoms with Crippen molar-refractivity contribution < 1.29 is 277 Å². The summed E-state index contributed by atoms with van der Waals surface area (Å²) < 4.78 is 130. The van der Waals surface area contributed by atoms with Gasteiger partial charge in [0.2, 0.25) is 11.8 Å². The van der Waals surface area contributed by atoms with Crippen molar-refractivity contribution in [1.82, 2.24) is 10.6 Å². The van der Waals surface area contributed by atoms with Crippen molar-refractivity contribution in [3.05, 3.63) is 0 Å². The molecule has 11 aliphatic heterocycles. The molecule has 0 aromatic carbocycles. The Morgan fingerprint density at radius 2 is 0.450 bits per heavy atom. The van der Waals surface area contributed by atoms with E-state index in [1.165, 1.54) is 0 Å². The van der Waals surface area contributed by atoms with E-state index in [1.807, 2.05) is 0 Å². The van der Waals surface area contributed by atoms with E-state index < -0.39 is 422 Å². The third kappa shape index (κ3) is 23.7. The molecule has 55 atom stereocenters. The highest BCUT2D eigenvalue weighted by Crippen LogP contribution is 2.42. The molecule has 22 unspecified atom stereocenters. The zero-order chi connectivity index (χ0) is 96.1. The molecule has 36 N–H and O–H groups in total. The van der Waals surface area contributed by atoms with Crippen LogP contribution in [0.4, 0.5) is 0 Å². The van der Waals surface area contributed by atoms with Crippen LogP contribution in [-0.4, -0.2) is 599 Å². The van der Waals surface area contributed by atoms with Crippen molar-refractivity contribution in [2.45, 2.75) is 351 Å². The van der Waals surface area contributed by atoms with Crippen molar-refractivity contribution in [3.63, 3.8) is 0 Å². The van der Waals surface area contributed by atoms with E-state index in [0.717, 1.165) is 13.8 Å². The Hall–Kier alpha value is -3.26. The lowest BCUT2D eigenvalue weighted by molar-refractivity contribution is -0.408. The van der Waals surface area contributed by atoms with Gasteiger partial charge in [-0.15, -0.1) is 0 Å². The lowest BCUT2D eigenvalue weighted by Crippen LogP contribution is -2.70. The second-order valence-electron chi connectivity index (χ2n) is 33.0. The Labute approximate surface area is 740 Å². The largest absolute Gasteiger partial charge is 0.394 e. The number of amides is 2. The van der Waals surface area contributed by atoms with Crippen LogP contribution < -0.4 is 16.4 Å². The zero-order valence-electron chi connectivity index (χ0n) is 69.6. The number of carbonyl (C=O) groups excluding carboxylic acids is 2. The van der Waals surface area contributed by atoms with Gasteiger partial charge in [-0.05, 0) is 0 Å². The quantitative estimate of drug-likeness (QED) is 0.0277. The van der Waals surface area contributed by atoms with Gasteiger partial charge in [-0.3, -0.25) is 9.59 Å². The van der Waals surface area contributed by atoms with E-state index in [0.29, 0.717) is 0 Å². The van der Waals surface area contributed by atoms with Crippen molar-refractivity contribution in [2.75, 3.05) is 85.8 Å². The molecule has 2 amide bonds. The van der Waals surface area contributed by atoms with Gasteiger partial charge in [0.05, 0.1) is 79.3 Å². The average molecular weight is 1930 g/mol. The van der Waals surface area contributed by atoms with Crippen molar-refractivity contribution in [3.8, 4) is 0 Å². The predicted molar refractivity (Wildman–Crippen MR) is 398 cm³/mol. The summed E-state index contributed by atoms with van der Waals surface area (Å²) in [6, 6.07) is -3.51.